The van der Waals surface area contributed by atoms with Crippen LogP contribution in [0.1, 0.15) is 24.1 Å². The second kappa shape index (κ2) is 8.33. The van der Waals surface area contributed by atoms with Gasteiger partial charge in [0.15, 0.2) is 5.96 Å². The highest BCUT2D eigenvalue weighted by Crippen LogP contribution is 2.48. The summed E-state index contributed by atoms with van der Waals surface area (Å²) in [5.74, 6) is 0.870. The number of rotatable bonds is 5. The van der Waals surface area contributed by atoms with E-state index in [0.29, 0.717) is 6.54 Å². The van der Waals surface area contributed by atoms with Crippen molar-refractivity contribution in [1.29, 1.82) is 0 Å². The number of halogens is 2. The molecule has 5 nitrogen and oxygen atoms in total. The Kier molecular flexibility index (Phi) is 6.68. The van der Waals surface area contributed by atoms with Crippen molar-refractivity contribution in [2.45, 2.75) is 24.8 Å². The van der Waals surface area contributed by atoms with Gasteiger partial charge >= 0.3 is 0 Å². The van der Waals surface area contributed by atoms with Gasteiger partial charge in [-0.2, -0.15) is 0 Å². The number of guanidine groups is 1. The molecule has 0 saturated heterocycles. The lowest BCUT2D eigenvalue weighted by Gasteiger charge is -2.24. The van der Waals surface area contributed by atoms with Crippen LogP contribution in [0.15, 0.2) is 50.6 Å². The summed E-state index contributed by atoms with van der Waals surface area (Å²) in [4.78, 5) is 6.42. The third kappa shape index (κ3) is 4.50. The number of aliphatic imine (C=N–C) groups is 1. The van der Waals surface area contributed by atoms with Crippen molar-refractivity contribution in [3.8, 4) is 0 Å². The quantitative estimate of drug-likeness (QED) is 0.382. The summed E-state index contributed by atoms with van der Waals surface area (Å²) in [5, 5.41) is 7.45. The molecule has 0 spiro atoms. The van der Waals surface area contributed by atoms with E-state index in [1.165, 1.54) is 18.4 Å². The van der Waals surface area contributed by atoms with Gasteiger partial charge in [0.25, 0.3) is 0 Å². The van der Waals surface area contributed by atoms with Gasteiger partial charge in [0.2, 0.25) is 0 Å². The Morgan fingerprint density at radius 2 is 2.21 bits per heavy atom. The highest BCUT2D eigenvalue weighted by molar-refractivity contribution is 14.0. The molecule has 2 aromatic rings. The second-order valence-corrected chi connectivity index (χ2v) is 6.95. The van der Waals surface area contributed by atoms with Crippen LogP contribution in [0, 0.1) is 0 Å². The van der Waals surface area contributed by atoms with E-state index in [2.05, 4.69) is 60.6 Å². The Morgan fingerprint density at radius 3 is 2.79 bits per heavy atom. The normalized spacial score (nSPS) is 15.5. The predicted octanol–water partition coefficient (Wildman–Crippen LogP) is 3.79. The Bertz CT molecular complexity index is 686. The molecule has 1 aliphatic carbocycles. The molecule has 0 bridgehead atoms. The number of hydrogen-bond donors (Lipinski definition) is 1. The van der Waals surface area contributed by atoms with E-state index in [4.69, 9.17) is 4.52 Å². The Balaban J connectivity index is 0.00000208. The molecule has 1 heterocycles. The average molecular weight is 505 g/mol. The minimum atomic E-state index is 0. The highest BCUT2D eigenvalue weighted by Gasteiger charge is 2.44. The fourth-order valence-corrected chi connectivity index (χ4v) is 3.21. The van der Waals surface area contributed by atoms with Gasteiger partial charge in [-0.3, -0.25) is 4.99 Å². The number of nitrogens with zero attached hydrogens (tertiary/aromatic N) is 3. The molecule has 0 amide bonds. The van der Waals surface area contributed by atoms with E-state index in [9.17, 15) is 0 Å². The molecule has 0 unspecified atom stereocenters. The van der Waals surface area contributed by atoms with Crippen molar-refractivity contribution < 1.29 is 4.52 Å². The summed E-state index contributed by atoms with van der Waals surface area (Å²) in [5.41, 5.74) is 2.51. The lowest BCUT2D eigenvalue weighted by Crippen LogP contribution is -2.42. The van der Waals surface area contributed by atoms with Crippen molar-refractivity contribution in [2.24, 2.45) is 4.99 Å². The van der Waals surface area contributed by atoms with Gasteiger partial charge in [0.05, 0.1) is 6.54 Å². The van der Waals surface area contributed by atoms with Crippen LogP contribution in [0.4, 0.5) is 0 Å². The van der Waals surface area contributed by atoms with E-state index in [1.54, 1.807) is 13.3 Å². The maximum atomic E-state index is 4.88. The monoisotopic (exact) mass is 504 g/mol. The molecule has 24 heavy (non-hydrogen) atoms. The molecule has 1 N–H and O–H groups in total. The molecule has 1 fully saturated rings. The van der Waals surface area contributed by atoms with Crippen LogP contribution < -0.4 is 5.32 Å². The first-order valence-electron chi connectivity index (χ1n) is 7.70. The first kappa shape index (κ1) is 19.2. The highest BCUT2D eigenvalue weighted by atomic mass is 127. The minimum absolute atomic E-state index is 0. The summed E-state index contributed by atoms with van der Waals surface area (Å²) in [6.07, 6.45) is 4.01. The third-order valence-electron chi connectivity index (χ3n) is 4.34. The Hall–Kier alpha value is -1.09. The molecule has 0 atom stereocenters. The smallest absolute Gasteiger partial charge is 0.193 e. The van der Waals surface area contributed by atoms with Gasteiger partial charge in [-0.1, -0.05) is 33.2 Å². The van der Waals surface area contributed by atoms with E-state index in [1.807, 2.05) is 13.1 Å². The van der Waals surface area contributed by atoms with Crippen LogP contribution in [0.25, 0.3) is 0 Å². The van der Waals surface area contributed by atoms with Gasteiger partial charge in [-0.15, -0.1) is 24.0 Å². The maximum Gasteiger partial charge on any atom is 0.193 e. The molecular weight excluding hydrogens is 483 g/mol. The number of nitrogens with one attached hydrogen (secondary N) is 1. The van der Waals surface area contributed by atoms with E-state index < -0.39 is 0 Å². The number of hydrogen-bond acceptors (Lipinski definition) is 3. The van der Waals surface area contributed by atoms with Crippen LogP contribution in [-0.4, -0.2) is 36.7 Å². The molecule has 1 aromatic carbocycles. The van der Waals surface area contributed by atoms with E-state index in [0.717, 1.165) is 22.7 Å². The summed E-state index contributed by atoms with van der Waals surface area (Å²) >= 11 is 3.56. The molecule has 1 aliphatic rings. The zero-order valence-electron chi connectivity index (χ0n) is 13.8. The van der Waals surface area contributed by atoms with Gasteiger partial charge < -0.3 is 14.7 Å². The Labute approximate surface area is 168 Å². The van der Waals surface area contributed by atoms with Crippen molar-refractivity contribution in [3.63, 3.8) is 0 Å². The van der Waals surface area contributed by atoms with Gasteiger partial charge in [0, 0.05) is 36.6 Å². The molecule has 1 saturated carbocycles. The van der Waals surface area contributed by atoms with E-state index in [-0.39, 0.29) is 29.4 Å². The third-order valence-corrected chi connectivity index (χ3v) is 4.83. The molecule has 7 heteroatoms. The van der Waals surface area contributed by atoms with Gasteiger partial charge in [0.1, 0.15) is 12.0 Å². The van der Waals surface area contributed by atoms with Crippen LogP contribution in [0.2, 0.25) is 0 Å². The number of benzene rings is 1. The fourth-order valence-electron chi connectivity index (χ4n) is 2.81. The largest absolute Gasteiger partial charge is 0.364 e. The zero-order valence-corrected chi connectivity index (χ0v) is 17.7. The van der Waals surface area contributed by atoms with Crippen molar-refractivity contribution in [3.05, 3.63) is 52.3 Å². The second-order valence-electron chi connectivity index (χ2n) is 6.04. The standard InChI is InChI=1S/C17H21BrN4O.HI/c1-19-16(22(2)11-15-6-9-23-21-15)20-12-17(7-8-17)13-4-3-5-14(18)10-13;/h3-6,9-10H,7-8,11-12H2,1-2H3,(H,19,20);1H. The first-order valence-corrected chi connectivity index (χ1v) is 8.49. The van der Waals surface area contributed by atoms with Crippen LogP contribution in [0.5, 0.6) is 0 Å². The minimum Gasteiger partial charge on any atom is -0.364 e. The van der Waals surface area contributed by atoms with Gasteiger partial charge in [-0.05, 0) is 30.5 Å². The van der Waals surface area contributed by atoms with Crippen LogP contribution >= 0.6 is 39.9 Å². The lowest BCUT2D eigenvalue weighted by atomic mass is 9.96. The first-order chi connectivity index (χ1) is 11.1. The average Bonchev–Trinajstić information content (AvgIpc) is 3.16. The number of aromatic nitrogens is 1. The van der Waals surface area contributed by atoms with Crippen molar-refractivity contribution >= 4 is 45.9 Å². The van der Waals surface area contributed by atoms with Gasteiger partial charge in [-0.25, -0.2) is 0 Å². The van der Waals surface area contributed by atoms with Crippen LogP contribution in [-0.2, 0) is 12.0 Å². The predicted molar refractivity (Wildman–Crippen MR) is 110 cm³/mol. The molecule has 130 valence electrons. The summed E-state index contributed by atoms with van der Waals surface area (Å²) in [6, 6.07) is 10.5. The van der Waals surface area contributed by atoms with Crippen molar-refractivity contribution in [2.75, 3.05) is 20.6 Å². The SMILES string of the molecule is CN=C(NCC1(c2cccc(Br)c2)CC1)N(C)Cc1ccon1.I. The van der Waals surface area contributed by atoms with Crippen molar-refractivity contribution in [1.82, 2.24) is 15.4 Å². The molecular formula is C17H22BrIN4O. The zero-order chi connectivity index (χ0) is 16.3. The summed E-state index contributed by atoms with van der Waals surface area (Å²) < 4.78 is 6.01. The Morgan fingerprint density at radius 1 is 1.42 bits per heavy atom. The molecule has 3 rings (SSSR count). The maximum absolute atomic E-state index is 4.88. The fraction of sp³-hybridized carbons (Fsp3) is 0.412. The molecule has 0 radical (unpaired) electrons. The molecule has 1 aromatic heterocycles. The topological polar surface area (TPSA) is 53.7 Å². The van der Waals surface area contributed by atoms with Crippen LogP contribution in [0.3, 0.4) is 0 Å². The van der Waals surface area contributed by atoms with E-state index >= 15 is 0 Å². The molecule has 0 aliphatic heterocycles. The lowest BCUT2D eigenvalue weighted by molar-refractivity contribution is 0.390. The summed E-state index contributed by atoms with van der Waals surface area (Å²) in [7, 11) is 3.81. The summed E-state index contributed by atoms with van der Waals surface area (Å²) in [6.45, 7) is 1.55.